The first-order chi connectivity index (χ1) is 12.7. The molecule has 2 N–H and O–H groups in total. The molecule has 0 aliphatic heterocycles. The smallest absolute Gasteiger partial charge is 0.228 e. The Hall–Kier alpha value is -2.21. The molecule has 1 amide bonds. The van der Waals surface area contributed by atoms with Crippen LogP contribution in [0.3, 0.4) is 0 Å². The fraction of sp³-hybridized carbons (Fsp3) is 0.524. The van der Waals surface area contributed by atoms with E-state index in [2.05, 4.69) is 10.4 Å². The highest BCUT2D eigenvalue weighted by atomic mass is 19.1. The van der Waals surface area contributed by atoms with Crippen molar-refractivity contribution in [2.45, 2.75) is 58.5 Å². The van der Waals surface area contributed by atoms with Crippen LogP contribution in [0.5, 0.6) is 0 Å². The van der Waals surface area contributed by atoms with Crippen molar-refractivity contribution in [2.24, 2.45) is 12.5 Å². The molecular weight excluding hydrogens is 345 g/mol. The van der Waals surface area contributed by atoms with E-state index in [1.807, 2.05) is 27.8 Å². The van der Waals surface area contributed by atoms with Gasteiger partial charge in [0.05, 0.1) is 18.2 Å². The standard InChI is InChI=1S/C21H28FN3O2/c1-21(2,3)16(26)12-17(27)23-20-18(13-6-5-7-13)19(25(4)24-20)14-8-10-15(22)11-9-14/h8-11,13,16,26H,5-7,12H2,1-4H3,(H,23,24,27)/t16-/m0/s1. The summed E-state index contributed by atoms with van der Waals surface area (Å²) < 4.78 is 15.1. The number of aryl methyl sites for hydroxylation is 1. The monoisotopic (exact) mass is 373 g/mol. The van der Waals surface area contributed by atoms with Crippen LogP contribution < -0.4 is 5.32 Å². The van der Waals surface area contributed by atoms with Crippen molar-refractivity contribution in [2.75, 3.05) is 5.32 Å². The number of nitrogens with zero attached hydrogens (tertiary/aromatic N) is 2. The number of halogens is 1. The van der Waals surface area contributed by atoms with E-state index in [1.165, 1.54) is 12.1 Å². The summed E-state index contributed by atoms with van der Waals surface area (Å²) in [6.07, 6.45) is 2.54. The van der Waals surface area contributed by atoms with Gasteiger partial charge in [-0.2, -0.15) is 5.10 Å². The molecule has 0 bridgehead atoms. The van der Waals surface area contributed by atoms with Gasteiger partial charge in [0.2, 0.25) is 5.91 Å². The molecule has 0 unspecified atom stereocenters. The van der Waals surface area contributed by atoms with Crippen LogP contribution in [0.4, 0.5) is 10.2 Å². The fourth-order valence-electron chi connectivity index (χ4n) is 3.33. The fourth-order valence-corrected chi connectivity index (χ4v) is 3.33. The van der Waals surface area contributed by atoms with Crippen LogP contribution in [-0.4, -0.2) is 26.9 Å². The third-order valence-electron chi connectivity index (χ3n) is 5.35. The molecule has 1 aromatic heterocycles. The zero-order valence-corrected chi connectivity index (χ0v) is 16.4. The number of amides is 1. The Balaban J connectivity index is 1.90. The van der Waals surface area contributed by atoms with E-state index in [4.69, 9.17) is 0 Å². The van der Waals surface area contributed by atoms with E-state index >= 15 is 0 Å². The molecule has 6 heteroatoms. The highest BCUT2D eigenvalue weighted by Crippen LogP contribution is 2.44. The summed E-state index contributed by atoms with van der Waals surface area (Å²) in [5.74, 6) is 0.354. The van der Waals surface area contributed by atoms with Crippen LogP contribution in [0, 0.1) is 11.2 Å². The lowest BCUT2D eigenvalue weighted by molar-refractivity contribution is -0.119. The summed E-state index contributed by atoms with van der Waals surface area (Å²) >= 11 is 0. The summed E-state index contributed by atoms with van der Waals surface area (Å²) in [6.45, 7) is 5.70. The molecule has 1 saturated carbocycles. The zero-order chi connectivity index (χ0) is 19.8. The van der Waals surface area contributed by atoms with E-state index < -0.39 is 6.10 Å². The number of aliphatic hydroxyl groups is 1. The second-order valence-corrected chi connectivity index (χ2v) is 8.50. The van der Waals surface area contributed by atoms with E-state index in [0.717, 1.165) is 36.1 Å². The van der Waals surface area contributed by atoms with E-state index in [0.29, 0.717) is 11.7 Å². The molecule has 2 aromatic rings. The molecule has 1 atom stereocenters. The van der Waals surface area contributed by atoms with Gasteiger partial charge in [-0.05, 0) is 48.4 Å². The molecule has 1 heterocycles. The number of benzene rings is 1. The van der Waals surface area contributed by atoms with Crippen LogP contribution in [0.1, 0.15) is 57.9 Å². The maximum absolute atomic E-state index is 13.3. The first-order valence-electron chi connectivity index (χ1n) is 9.47. The third kappa shape index (κ3) is 4.21. The summed E-state index contributed by atoms with van der Waals surface area (Å²) in [4.78, 5) is 12.5. The van der Waals surface area contributed by atoms with E-state index in [9.17, 15) is 14.3 Å². The van der Waals surface area contributed by atoms with Gasteiger partial charge in [0.15, 0.2) is 5.82 Å². The number of anilines is 1. The molecule has 1 aliphatic rings. The molecular formula is C21H28FN3O2. The minimum absolute atomic E-state index is 0.0239. The van der Waals surface area contributed by atoms with Gasteiger partial charge < -0.3 is 10.4 Å². The molecule has 5 nitrogen and oxygen atoms in total. The van der Waals surface area contributed by atoms with Gasteiger partial charge in [0.1, 0.15) is 5.82 Å². The lowest BCUT2D eigenvalue weighted by atomic mass is 9.79. The number of carbonyl (C=O) groups is 1. The number of aromatic nitrogens is 2. The van der Waals surface area contributed by atoms with Gasteiger partial charge >= 0.3 is 0 Å². The van der Waals surface area contributed by atoms with Gasteiger partial charge in [-0.1, -0.05) is 27.2 Å². The van der Waals surface area contributed by atoms with Gasteiger partial charge in [-0.25, -0.2) is 4.39 Å². The molecule has 1 aliphatic carbocycles. The third-order valence-corrected chi connectivity index (χ3v) is 5.35. The minimum atomic E-state index is -0.732. The Bertz CT molecular complexity index is 817. The van der Waals surface area contributed by atoms with Crippen molar-refractivity contribution < 1.29 is 14.3 Å². The Morgan fingerprint density at radius 2 is 1.96 bits per heavy atom. The second-order valence-electron chi connectivity index (χ2n) is 8.50. The Labute approximate surface area is 159 Å². The zero-order valence-electron chi connectivity index (χ0n) is 16.4. The molecule has 0 radical (unpaired) electrons. The van der Waals surface area contributed by atoms with Crippen LogP contribution in [0.15, 0.2) is 24.3 Å². The van der Waals surface area contributed by atoms with Crippen molar-refractivity contribution in [1.82, 2.24) is 9.78 Å². The molecule has 1 aromatic carbocycles. The summed E-state index contributed by atoms with van der Waals surface area (Å²) in [7, 11) is 1.83. The number of rotatable bonds is 5. The van der Waals surface area contributed by atoms with Crippen molar-refractivity contribution in [3.05, 3.63) is 35.6 Å². The molecule has 0 spiro atoms. The van der Waals surface area contributed by atoms with Gasteiger partial charge in [0.25, 0.3) is 0 Å². The average Bonchev–Trinajstić information content (AvgIpc) is 2.81. The van der Waals surface area contributed by atoms with Crippen molar-refractivity contribution in [3.63, 3.8) is 0 Å². The van der Waals surface area contributed by atoms with Crippen molar-refractivity contribution in [1.29, 1.82) is 0 Å². The molecule has 146 valence electrons. The minimum Gasteiger partial charge on any atom is -0.392 e. The van der Waals surface area contributed by atoms with Gasteiger partial charge in [-0.3, -0.25) is 9.48 Å². The Kier molecular flexibility index (Phi) is 5.38. The maximum Gasteiger partial charge on any atom is 0.228 e. The number of carbonyl (C=O) groups excluding carboxylic acids is 1. The lowest BCUT2D eigenvalue weighted by Crippen LogP contribution is -2.31. The highest BCUT2D eigenvalue weighted by Gasteiger charge is 2.31. The Morgan fingerprint density at radius 1 is 1.33 bits per heavy atom. The average molecular weight is 373 g/mol. The van der Waals surface area contributed by atoms with E-state index in [-0.39, 0.29) is 23.6 Å². The van der Waals surface area contributed by atoms with Gasteiger partial charge in [-0.15, -0.1) is 0 Å². The molecule has 1 fully saturated rings. The quantitative estimate of drug-likeness (QED) is 0.824. The summed E-state index contributed by atoms with van der Waals surface area (Å²) in [6, 6.07) is 6.35. The number of nitrogens with one attached hydrogen (secondary N) is 1. The SMILES string of the molecule is Cn1nc(NC(=O)C[C@H](O)C(C)(C)C)c(C2CCC2)c1-c1ccc(F)cc1. The Morgan fingerprint density at radius 3 is 2.48 bits per heavy atom. The maximum atomic E-state index is 13.3. The van der Waals surface area contributed by atoms with Crippen LogP contribution in [-0.2, 0) is 11.8 Å². The van der Waals surface area contributed by atoms with Crippen LogP contribution in [0.2, 0.25) is 0 Å². The highest BCUT2D eigenvalue weighted by molar-refractivity contribution is 5.92. The first-order valence-corrected chi connectivity index (χ1v) is 9.47. The largest absolute Gasteiger partial charge is 0.392 e. The second kappa shape index (κ2) is 7.43. The topological polar surface area (TPSA) is 67.2 Å². The molecule has 3 rings (SSSR count). The molecule has 27 heavy (non-hydrogen) atoms. The first kappa shape index (κ1) is 19.5. The number of hydrogen-bond acceptors (Lipinski definition) is 3. The predicted octanol–water partition coefficient (Wildman–Crippen LogP) is 4.23. The van der Waals surface area contributed by atoms with Crippen LogP contribution in [0.25, 0.3) is 11.3 Å². The lowest BCUT2D eigenvalue weighted by Gasteiger charge is -2.27. The van der Waals surface area contributed by atoms with Crippen LogP contribution >= 0.6 is 0 Å². The number of hydrogen-bond donors (Lipinski definition) is 2. The van der Waals surface area contributed by atoms with Crippen molar-refractivity contribution in [3.8, 4) is 11.3 Å². The predicted molar refractivity (Wildman–Crippen MR) is 104 cm³/mol. The van der Waals surface area contributed by atoms with Crippen molar-refractivity contribution >= 4 is 11.7 Å². The van der Waals surface area contributed by atoms with Gasteiger partial charge in [0, 0.05) is 18.2 Å². The summed E-state index contributed by atoms with van der Waals surface area (Å²) in [5, 5.41) is 17.6. The number of aliphatic hydroxyl groups excluding tert-OH is 1. The van der Waals surface area contributed by atoms with E-state index in [1.54, 1.807) is 16.8 Å². The molecule has 0 saturated heterocycles. The normalized spacial score (nSPS) is 16.1. The summed E-state index contributed by atoms with van der Waals surface area (Å²) in [5.41, 5.74) is 2.43.